The third kappa shape index (κ3) is 5.45. The molecule has 0 spiro atoms. The number of benzene rings is 2. The van der Waals surface area contributed by atoms with Crippen molar-refractivity contribution in [2.24, 2.45) is 0 Å². The molecule has 0 saturated heterocycles. The Bertz CT molecular complexity index is 1040. The third-order valence-corrected chi connectivity index (χ3v) is 4.01. The first-order chi connectivity index (χ1) is 14.6. The standard InChI is InChI=1S/C23H20N2O5/c1-2-29-23(28)17-10-12-18(13-11-17)24-22(27)20(15-19-9-6-14-30-19)25-21(26)16-7-4-3-5-8-16/h3-15H,2H2,1H3,(H,24,27)(H,25,26). The van der Waals surface area contributed by atoms with Gasteiger partial charge in [-0.05, 0) is 55.5 Å². The number of esters is 1. The van der Waals surface area contributed by atoms with Crippen LogP contribution in [0.3, 0.4) is 0 Å². The fourth-order valence-corrected chi connectivity index (χ4v) is 2.56. The molecule has 2 aromatic carbocycles. The smallest absolute Gasteiger partial charge is 0.338 e. The average molecular weight is 404 g/mol. The van der Waals surface area contributed by atoms with Gasteiger partial charge in [-0.3, -0.25) is 9.59 Å². The SMILES string of the molecule is CCOC(=O)c1ccc(NC(=O)C(=Cc2ccco2)NC(=O)c2ccccc2)cc1. The largest absolute Gasteiger partial charge is 0.465 e. The Kier molecular flexibility index (Phi) is 6.78. The highest BCUT2D eigenvalue weighted by atomic mass is 16.5. The lowest BCUT2D eigenvalue weighted by Crippen LogP contribution is -2.30. The van der Waals surface area contributed by atoms with Gasteiger partial charge in [0.15, 0.2) is 0 Å². The van der Waals surface area contributed by atoms with Crippen LogP contribution in [0.4, 0.5) is 5.69 Å². The first kappa shape index (κ1) is 20.6. The first-order valence-electron chi connectivity index (χ1n) is 9.27. The third-order valence-electron chi connectivity index (χ3n) is 4.01. The molecule has 0 aliphatic carbocycles. The van der Waals surface area contributed by atoms with E-state index in [1.165, 1.54) is 12.3 Å². The molecule has 0 fully saturated rings. The van der Waals surface area contributed by atoms with Crippen molar-refractivity contribution < 1.29 is 23.5 Å². The van der Waals surface area contributed by atoms with Gasteiger partial charge in [-0.2, -0.15) is 0 Å². The molecule has 3 rings (SSSR count). The van der Waals surface area contributed by atoms with Crippen molar-refractivity contribution in [3.8, 4) is 0 Å². The summed E-state index contributed by atoms with van der Waals surface area (Å²) in [6, 6.07) is 18.1. The van der Waals surface area contributed by atoms with E-state index < -0.39 is 17.8 Å². The molecule has 1 aromatic heterocycles. The number of rotatable bonds is 7. The molecular weight excluding hydrogens is 384 g/mol. The van der Waals surface area contributed by atoms with E-state index in [-0.39, 0.29) is 12.3 Å². The molecule has 0 radical (unpaired) electrons. The van der Waals surface area contributed by atoms with Gasteiger partial charge in [-0.25, -0.2) is 4.79 Å². The molecule has 0 saturated carbocycles. The Morgan fingerprint density at radius 1 is 0.933 bits per heavy atom. The second-order valence-corrected chi connectivity index (χ2v) is 6.15. The maximum absolute atomic E-state index is 12.8. The van der Waals surface area contributed by atoms with E-state index in [2.05, 4.69) is 10.6 Å². The quantitative estimate of drug-likeness (QED) is 0.460. The van der Waals surface area contributed by atoms with Gasteiger partial charge in [0.2, 0.25) is 0 Å². The Balaban J connectivity index is 1.77. The molecule has 30 heavy (non-hydrogen) atoms. The van der Waals surface area contributed by atoms with Crippen LogP contribution >= 0.6 is 0 Å². The lowest BCUT2D eigenvalue weighted by molar-refractivity contribution is -0.113. The Labute approximate surface area is 173 Å². The van der Waals surface area contributed by atoms with Crippen molar-refractivity contribution in [1.29, 1.82) is 0 Å². The van der Waals surface area contributed by atoms with Crippen molar-refractivity contribution >= 4 is 29.5 Å². The molecule has 7 heteroatoms. The highest BCUT2D eigenvalue weighted by Crippen LogP contribution is 2.14. The van der Waals surface area contributed by atoms with Crippen LogP contribution < -0.4 is 10.6 Å². The summed E-state index contributed by atoms with van der Waals surface area (Å²) in [5.74, 6) is -1.00. The summed E-state index contributed by atoms with van der Waals surface area (Å²) in [4.78, 5) is 37.1. The van der Waals surface area contributed by atoms with Crippen LogP contribution in [0.2, 0.25) is 0 Å². The maximum atomic E-state index is 12.8. The van der Waals surface area contributed by atoms with E-state index in [1.807, 2.05) is 0 Å². The molecule has 3 aromatic rings. The molecule has 152 valence electrons. The fourth-order valence-electron chi connectivity index (χ4n) is 2.56. The topological polar surface area (TPSA) is 97.6 Å². The minimum atomic E-state index is -0.542. The van der Waals surface area contributed by atoms with Gasteiger partial charge in [0, 0.05) is 17.3 Å². The monoisotopic (exact) mass is 404 g/mol. The molecule has 0 bridgehead atoms. The number of carbonyl (C=O) groups is 3. The van der Waals surface area contributed by atoms with E-state index in [0.717, 1.165) is 0 Å². The second kappa shape index (κ2) is 9.88. The van der Waals surface area contributed by atoms with E-state index >= 15 is 0 Å². The molecule has 2 N–H and O–H groups in total. The zero-order valence-electron chi connectivity index (χ0n) is 16.3. The number of furan rings is 1. The Morgan fingerprint density at radius 2 is 1.67 bits per heavy atom. The van der Waals surface area contributed by atoms with Crippen LogP contribution in [0.5, 0.6) is 0 Å². The molecule has 7 nitrogen and oxygen atoms in total. The number of amides is 2. The van der Waals surface area contributed by atoms with Crippen LogP contribution in [0.1, 0.15) is 33.4 Å². The van der Waals surface area contributed by atoms with Gasteiger partial charge in [0.05, 0.1) is 18.4 Å². The number of carbonyl (C=O) groups excluding carboxylic acids is 3. The lowest BCUT2D eigenvalue weighted by atomic mass is 10.2. The molecular formula is C23H20N2O5. The van der Waals surface area contributed by atoms with E-state index in [4.69, 9.17) is 9.15 Å². The molecule has 1 heterocycles. The fraction of sp³-hybridized carbons (Fsp3) is 0.0870. The molecule has 0 aliphatic heterocycles. The van der Waals surface area contributed by atoms with Crippen molar-refractivity contribution in [2.45, 2.75) is 6.92 Å². The Hall–Kier alpha value is -4.13. The maximum Gasteiger partial charge on any atom is 0.338 e. The van der Waals surface area contributed by atoms with Gasteiger partial charge in [0.1, 0.15) is 11.5 Å². The van der Waals surface area contributed by atoms with Crippen molar-refractivity contribution in [3.63, 3.8) is 0 Å². The van der Waals surface area contributed by atoms with E-state index in [0.29, 0.717) is 22.6 Å². The second-order valence-electron chi connectivity index (χ2n) is 6.15. The average Bonchev–Trinajstić information content (AvgIpc) is 3.27. The number of hydrogen-bond donors (Lipinski definition) is 2. The predicted octanol–water partition coefficient (Wildman–Crippen LogP) is 3.87. The lowest BCUT2D eigenvalue weighted by Gasteiger charge is -2.11. The van der Waals surface area contributed by atoms with E-state index in [1.54, 1.807) is 73.7 Å². The van der Waals surface area contributed by atoms with E-state index in [9.17, 15) is 14.4 Å². The number of hydrogen-bond acceptors (Lipinski definition) is 5. The molecule has 2 amide bonds. The van der Waals surface area contributed by atoms with Gasteiger partial charge in [-0.1, -0.05) is 18.2 Å². The van der Waals surface area contributed by atoms with Crippen LogP contribution in [-0.2, 0) is 9.53 Å². The minimum absolute atomic E-state index is 0.00766. The predicted molar refractivity (Wildman–Crippen MR) is 112 cm³/mol. The van der Waals surface area contributed by atoms with Crippen LogP contribution in [-0.4, -0.2) is 24.4 Å². The summed E-state index contributed by atoms with van der Waals surface area (Å²) in [5, 5.41) is 5.31. The highest BCUT2D eigenvalue weighted by molar-refractivity contribution is 6.10. The summed E-state index contributed by atoms with van der Waals surface area (Å²) in [6.07, 6.45) is 2.90. The molecule has 0 atom stereocenters. The summed E-state index contributed by atoms with van der Waals surface area (Å²) < 4.78 is 10.2. The minimum Gasteiger partial charge on any atom is -0.465 e. The number of nitrogens with one attached hydrogen (secondary N) is 2. The van der Waals surface area contributed by atoms with Gasteiger partial charge >= 0.3 is 5.97 Å². The molecule has 0 aliphatic rings. The van der Waals surface area contributed by atoms with Gasteiger partial charge in [-0.15, -0.1) is 0 Å². The number of ether oxygens (including phenoxy) is 1. The van der Waals surface area contributed by atoms with Gasteiger partial charge in [0.25, 0.3) is 11.8 Å². The summed E-state index contributed by atoms with van der Waals surface area (Å²) in [7, 11) is 0. The van der Waals surface area contributed by atoms with Crippen molar-refractivity contribution in [1.82, 2.24) is 5.32 Å². The summed E-state index contributed by atoms with van der Waals surface area (Å²) in [6.45, 7) is 2.00. The Morgan fingerprint density at radius 3 is 2.30 bits per heavy atom. The van der Waals surface area contributed by atoms with Gasteiger partial charge < -0.3 is 19.8 Å². The zero-order valence-corrected chi connectivity index (χ0v) is 16.3. The van der Waals surface area contributed by atoms with Crippen molar-refractivity contribution in [3.05, 3.63) is 95.6 Å². The summed E-state index contributed by atoms with van der Waals surface area (Å²) in [5.41, 5.74) is 1.24. The first-order valence-corrected chi connectivity index (χ1v) is 9.27. The van der Waals surface area contributed by atoms with Crippen molar-refractivity contribution in [2.75, 3.05) is 11.9 Å². The summed E-state index contributed by atoms with van der Waals surface area (Å²) >= 11 is 0. The van der Waals surface area contributed by atoms with Crippen LogP contribution in [0, 0.1) is 0 Å². The number of anilines is 1. The molecule has 0 unspecified atom stereocenters. The van der Waals surface area contributed by atoms with Crippen LogP contribution in [0.25, 0.3) is 6.08 Å². The normalized spacial score (nSPS) is 10.9. The highest BCUT2D eigenvalue weighted by Gasteiger charge is 2.16. The zero-order chi connectivity index (χ0) is 21.3. The van der Waals surface area contributed by atoms with Crippen LogP contribution in [0.15, 0.2) is 83.1 Å².